The number of sulfone groups is 1. The van der Waals surface area contributed by atoms with Gasteiger partial charge in [-0.05, 0) is 56.5 Å². The topological polar surface area (TPSA) is 57.7 Å². The second-order valence-electron chi connectivity index (χ2n) is 7.76. The maximum atomic E-state index is 12.8. The minimum Gasteiger partial charge on any atom is -0.341 e. The number of benzene rings is 1. The summed E-state index contributed by atoms with van der Waals surface area (Å²) in [6.07, 6.45) is 8.78. The molecule has 1 unspecified atom stereocenters. The molecule has 144 valence electrons. The van der Waals surface area contributed by atoms with Gasteiger partial charge in [-0.3, -0.25) is 9.69 Å². The van der Waals surface area contributed by atoms with Crippen LogP contribution in [0, 0.1) is 0 Å². The van der Waals surface area contributed by atoms with Gasteiger partial charge in [0.1, 0.15) is 0 Å². The Hall–Kier alpha value is -1.40. The fraction of sp³-hybridized carbons (Fsp3) is 0.650. The highest BCUT2D eigenvalue weighted by Crippen LogP contribution is 2.29. The highest BCUT2D eigenvalue weighted by atomic mass is 32.2. The Kier molecular flexibility index (Phi) is 6.03. The predicted molar refractivity (Wildman–Crippen MR) is 103 cm³/mol. The molecule has 0 radical (unpaired) electrons. The third kappa shape index (κ3) is 4.46. The highest BCUT2D eigenvalue weighted by Gasteiger charge is 2.35. The van der Waals surface area contributed by atoms with E-state index in [1.165, 1.54) is 38.4 Å². The van der Waals surface area contributed by atoms with Gasteiger partial charge < -0.3 is 4.90 Å². The van der Waals surface area contributed by atoms with Crippen LogP contribution in [0.4, 0.5) is 0 Å². The van der Waals surface area contributed by atoms with Crippen LogP contribution in [0.1, 0.15) is 44.1 Å². The zero-order chi connectivity index (χ0) is 18.7. The maximum Gasteiger partial charge on any atom is 0.227 e. The summed E-state index contributed by atoms with van der Waals surface area (Å²) < 4.78 is 23.1. The standard InChI is InChI=1S/C20H30N2O3S/c1-21(18-7-3-4-8-19(18)22-13-5-6-14-22)20(23)15-16-9-11-17(12-10-16)26(2,24)25/h9-12,18-19H,3-8,13-15H2,1-2H3/t18-,19?/m0/s1. The van der Waals surface area contributed by atoms with Crippen molar-refractivity contribution in [3.8, 4) is 0 Å². The number of carbonyl (C=O) groups is 1. The summed E-state index contributed by atoms with van der Waals surface area (Å²) in [5.41, 5.74) is 0.864. The van der Waals surface area contributed by atoms with Gasteiger partial charge in [-0.15, -0.1) is 0 Å². The number of rotatable bonds is 5. The monoisotopic (exact) mass is 378 g/mol. The summed E-state index contributed by atoms with van der Waals surface area (Å²) in [5.74, 6) is 0.119. The molecule has 1 aromatic carbocycles. The minimum absolute atomic E-state index is 0.119. The molecule has 6 heteroatoms. The van der Waals surface area contributed by atoms with Crippen LogP contribution < -0.4 is 0 Å². The summed E-state index contributed by atoms with van der Waals surface area (Å²) in [6, 6.07) is 7.47. The van der Waals surface area contributed by atoms with Gasteiger partial charge in [-0.2, -0.15) is 0 Å². The summed E-state index contributed by atoms with van der Waals surface area (Å²) >= 11 is 0. The second-order valence-corrected chi connectivity index (χ2v) is 9.78. The maximum absolute atomic E-state index is 12.8. The molecule has 26 heavy (non-hydrogen) atoms. The van der Waals surface area contributed by atoms with E-state index in [1.54, 1.807) is 24.3 Å². The SMILES string of the molecule is CN(C(=O)Cc1ccc(S(C)(=O)=O)cc1)[C@H]1CCCCC1N1CCCC1. The van der Waals surface area contributed by atoms with E-state index in [0.29, 0.717) is 23.4 Å². The first-order chi connectivity index (χ1) is 12.4. The summed E-state index contributed by atoms with van der Waals surface area (Å²) in [4.78, 5) is 17.7. The number of carbonyl (C=O) groups excluding carboxylic acids is 1. The molecule has 0 N–H and O–H groups in total. The van der Waals surface area contributed by atoms with Crippen LogP contribution >= 0.6 is 0 Å². The lowest BCUT2D eigenvalue weighted by Crippen LogP contribution is -2.53. The van der Waals surface area contributed by atoms with Crippen LogP contribution in [0.15, 0.2) is 29.2 Å². The Bertz CT molecular complexity index is 724. The Balaban J connectivity index is 1.66. The molecule has 3 rings (SSSR count). The molecule has 1 saturated carbocycles. The molecular weight excluding hydrogens is 348 g/mol. The lowest BCUT2D eigenvalue weighted by molar-refractivity contribution is -0.133. The van der Waals surface area contributed by atoms with Crippen molar-refractivity contribution in [2.75, 3.05) is 26.4 Å². The Labute approximate surface area is 157 Å². The van der Waals surface area contributed by atoms with Crippen molar-refractivity contribution >= 4 is 15.7 Å². The van der Waals surface area contributed by atoms with Gasteiger partial charge in [0.05, 0.1) is 11.3 Å². The Morgan fingerprint density at radius 1 is 1.08 bits per heavy atom. The van der Waals surface area contributed by atoms with Crippen LogP contribution in [-0.2, 0) is 21.1 Å². The van der Waals surface area contributed by atoms with Crippen LogP contribution in [0.2, 0.25) is 0 Å². The highest BCUT2D eigenvalue weighted by molar-refractivity contribution is 7.90. The Morgan fingerprint density at radius 3 is 2.31 bits per heavy atom. The quantitative estimate of drug-likeness (QED) is 0.790. The first-order valence-corrected chi connectivity index (χ1v) is 11.5. The first-order valence-electron chi connectivity index (χ1n) is 9.65. The second kappa shape index (κ2) is 8.09. The van der Waals surface area contributed by atoms with E-state index in [1.807, 2.05) is 11.9 Å². The van der Waals surface area contributed by atoms with Crippen LogP contribution in [-0.4, -0.2) is 62.6 Å². The van der Waals surface area contributed by atoms with E-state index in [-0.39, 0.29) is 5.91 Å². The molecule has 0 spiro atoms. The number of hydrogen-bond donors (Lipinski definition) is 0. The number of nitrogens with zero attached hydrogens (tertiary/aromatic N) is 2. The van der Waals surface area contributed by atoms with E-state index in [4.69, 9.17) is 0 Å². The molecule has 1 aliphatic heterocycles. The molecule has 1 aromatic rings. The van der Waals surface area contributed by atoms with E-state index in [2.05, 4.69) is 4.90 Å². The summed E-state index contributed by atoms with van der Waals surface area (Å²) in [5, 5.41) is 0. The minimum atomic E-state index is -3.20. The van der Waals surface area contributed by atoms with Gasteiger partial charge >= 0.3 is 0 Å². The smallest absolute Gasteiger partial charge is 0.227 e. The average molecular weight is 379 g/mol. The molecule has 1 saturated heterocycles. The molecule has 2 aliphatic rings. The van der Waals surface area contributed by atoms with Gasteiger partial charge in [0.15, 0.2) is 9.84 Å². The number of hydrogen-bond acceptors (Lipinski definition) is 4. The zero-order valence-electron chi connectivity index (χ0n) is 15.9. The van der Waals surface area contributed by atoms with Crippen molar-refractivity contribution in [3.05, 3.63) is 29.8 Å². The first kappa shape index (κ1) is 19.4. The zero-order valence-corrected chi connectivity index (χ0v) is 16.7. The normalized spacial score (nSPS) is 24.5. The fourth-order valence-electron chi connectivity index (χ4n) is 4.38. The van der Waals surface area contributed by atoms with Crippen molar-refractivity contribution in [3.63, 3.8) is 0 Å². The molecular formula is C20H30N2O3S. The largest absolute Gasteiger partial charge is 0.341 e. The number of likely N-dealkylation sites (N-methyl/N-ethyl adjacent to an activating group) is 1. The van der Waals surface area contributed by atoms with Crippen molar-refractivity contribution < 1.29 is 13.2 Å². The van der Waals surface area contributed by atoms with E-state index >= 15 is 0 Å². The van der Waals surface area contributed by atoms with Crippen molar-refractivity contribution in [2.45, 2.75) is 61.9 Å². The fourth-order valence-corrected chi connectivity index (χ4v) is 5.01. The van der Waals surface area contributed by atoms with E-state index in [9.17, 15) is 13.2 Å². The molecule has 0 bridgehead atoms. The third-order valence-electron chi connectivity index (χ3n) is 5.90. The van der Waals surface area contributed by atoms with Gasteiger partial charge in [0.25, 0.3) is 0 Å². The molecule has 5 nitrogen and oxygen atoms in total. The molecule has 2 fully saturated rings. The van der Waals surface area contributed by atoms with E-state index < -0.39 is 9.84 Å². The third-order valence-corrected chi connectivity index (χ3v) is 7.03. The van der Waals surface area contributed by atoms with Gasteiger partial charge in [0.2, 0.25) is 5.91 Å². The number of likely N-dealkylation sites (tertiary alicyclic amines) is 1. The molecule has 1 heterocycles. The van der Waals surface area contributed by atoms with Crippen molar-refractivity contribution in [2.24, 2.45) is 0 Å². The lowest BCUT2D eigenvalue weighted by atomic mass is 9.88. The molecule has 0 aromatic heterocycles. The number of amides is 1. The van der Waals surface area contributed by atoms with Crippen LogP contribution in [0.5, 0.6) is 0 Å². The summed E-state index contributed by atoms with van der Waals surface area (Å²) in [7, 11) is -1.26. The van der Waals surface area contributed by atoms with Crippen molar-refractivity contribution in [1.29, 1.82) is 0 Å². The molecule has 2 atom stereocenters. The predicted octanol–water partition coefficient (Wildman–Crippen LogP) is 2.50. The lowest BCUT2D eigenvalue weighted by Gasteiger charge is -2.42. The molecule has 1 aliphatic carbocycles. The average Bonchev–Trinajstić information content (AvgIpc) is 3.15. The molecule has 1 amide bonds. The van der Waals surface area contributed by atoms with Gasteiger partial charge in [-0.25, -0.2) is 8.42 Å². The summed E-state index contributed by atoms with van der Waals surface area (Å²) in [6.45, 7) is 2.33. The van der Waals surface area contributed by atoms with Gasteiger partial charge in [-0.1, -0.05) is 25.0 Å². The van der Waals surface area contributed by atoms with Gasteiger partial charge in [0, 0.05) is 25.4 Å². The Morgan fingerprint density at radius 2 is 1.69 bits per heavy atom. The van der Waals surface area contributed by atoms with Crippen LogP contribution in [0.25, 0.3) is 0 Å². The van der Waals surface area contributed by atoms with Crippen molar-refractivity contribution in [1.82, 2.24) is 9.80 Å². The van der Waals surface area contributed by atoms with E-state index in [0.717, 1.165) is 25.1 Å². The van der Waals surface area contributed by atoms with Crippen LogP contribution in [0.3, 0.4) is 0 Å².